The number of rotatable bonds is 12. The predicted octanol–water partition coefficient (Wildman–Crippen LogP) is 6.58. The zero-order valence-electron chi connectivity index (χ0n) is 17.5. The van der Waals surface area contributed by atoms with Crippen LogP contribution in [0.15, 0.2) is 30.4 Å². The molecule has 1 aliphatic heterocycles. The van der Waals surface area contributed by atoms with Gasteiger partial charge in [0.15, 0.2) is 5.94 Å². The van der Waals surface area contributed by atoms with Gasteiger partial charge in [-0.1, -0.05) is 51.1 Å². The molecule has 2 unspecified atom stereocenters. The number of hydrogen-bond acceptors (Lipinski definition) is 6. The van der Waals surface area contributed by atoms with Gasteiger partial charge < -0.3 is 9.47 Å². The van der Waals surface area contributed by atoms with Crippen LogP contribution >= 0.6 is 12.0 Å². The second kappa shape index (κ2) is 11.7. The van der Waals surface area contributed by atoms with Crippen molar-refractivity contribution in [2.75, 3.05) is 5.94 Å². The molecule has 0 aliphatic carbocycles. The number of aryl methyl sites for hydroxylation is 1. The number of allylic oxidation sites excluding steroid dienone is 1. The highest BCUT2D eigenvalue weighted by Gasteiger charge is 2.29. The fourth-order valence-electron chi connectivity index (χ4n) is 3.42. The normalized spacial score (nSPS) is 20.2. The fourth-order valence-corrected chi connectivity index (χ4v) is 3.68. The summed E-state index contributed by atoms with van der Waals surface area (Å²) in [6.45, 7) is 9.07. The summed E-state index contributed by atoms with van der Waals surface area (Å²) < 4.78 is 16.1. The highest BCUT2D eigenvalue weighted by atomic mass is 32.2. The van der Waals surface area contributed by atoms with Crippen molar-refractivity contribution >= 4 is 12.0 Å². The number of fused-ring (bicyclic) bond motifs is 1. The maximum atomic E-state index is 8.10. The Morgan fingerprint density at radius 2 is 2.11 bits per heavy atom. The minimum atomic E-state index is -0.255. The molecule has 0 saturated carbocycles. The monoisotopic (exact) mass is 410 g/mol. The van der Waals surface area contributed by atoms with Gasteiger partial charge in [-0.3, -0.25) is 0 Å². The van der Waals surface area contributed by atoms with Crippen molar-refractivity contribution in [2.24, 2.45) is 11.8 Å². The van der Waals surface area contributed by atoms with Gasteiger partial charge in [-0.15, -0.1) is 4.33 Å². The van der Waals surface area contributed by atoms with Gasteiger partial charge in [0.25, 0.3) is 0 Å². The molecule has 1 N–H and O–H groups in total. The fraction of sp³-hybridized carbons (Fsp3) is 0.636. The van der Waals surface area contributed by atoms with Crippen molar-refractivity contribution < 1.29 is 24.1 Å². The summed E-state index contributed by atoms with van der Waals surface area (Å²) in [5, 5.41) is 11.6. The lowest BCUT2D eigenvalue weighted by Crippen LogP contribution is -2.34. The Kier molecular flexibility index (Phi) is 9.65. The van der Waals surface area contributed by atoms with Crippen molar-refractivity contribution in [3.8, 4) is 11.5 Å². The van der Waals surface area contributed by atoms with Gasteiger partial charge >= 0.3 is 0 Å². The van der Waals surface area contributed by atoms with Crippen molar-refractivity contribution in [2.45, 2.75) is 71.8 Å². The first-order valence-electron chi connectivity index (χ1n) is 10.1. The molecule has 0 bridgehead atoms. The Balaban J connectivity index is 1.82. The summed E-state index contributed by atoms with van der Waals surface area (Å²) >= 11 is 0.868. The smallest absolute Gasteiger partial charge is 0.162 e. The molecule has 0 amide bonds. The van der Waals surface area contributed by atoms with Gasteiger partial charge in [0.2, 0.25) is 0 Å². The number of ether oxygens (including phenoxy) is 2. The first-order chi connectivity index (χ1) is 13.4. The third-order valence-electron chi connectivity index (χ3n) is 5.11. The van der Waals surface area contributed by atoms with Crippen molar-refractivity contribution in [1.29, 1.82) is 0 Å². The second-order valence-electron chi connectivity index (χ2n) is 8.27. The van der Waals surface area contributed by atoms with Gasteiger partial charge in [-0.05, 0) is 67.9 Å². The van der Waals surface area contributed by atoms with E-state index in [1.807, 2.05) is 18.2 Å². The summed E-state index contributed by atoms with van der Waals surface area (Å²) in [7, 11) is 0. The van der Waals surface area contributed by atoms with Gasteiger partial charge in [0.05, 0.1) is 12.0 Å². The van der Waals surface area contributed by atoms with E-state index in [4.69, 9.17) is 14.7 Å². The standard InChI is InChI=1S/C22H34O5S/c1-17(2)7-5-8-18(3)9-6-13-22(4)14-12-19-15-20(10-11-21(19)25-22)24-16-28-27-26-23/h6,10-11,13,15,17-18,23H,5,7-9,12,14,16H2,1-4H3. The average Bonchev–Trinajstić information content (AvgIpc) is 2.65. The predicted molar refractivity (Wildman–Crippen MR) is 113 cm³/mol. The van der Waals surface area contributed by atoms with Crippen LogP contribution in [-0.4, -0.2) is 16.8 Å². The summed E-state index contributed by atoms with van der Waals surface area (Å²) in [6, 6.07) is 5.83. The average molecular weight is 411 g/mol. The topological polar surface area (TPSA) is 57.2 Å². The molecule has 1 aliphatic rings. The van der Waals surface area contributed by atoms with Crippen LogP contribution in [0.1, 0.15) is 65.4 Å². The van der Waals surface area contributed by atoms with E-state index >= 15 is 0 Å². The van der Waals surface area contributed by atoms with E-state index < -0.39 is 0 Å². The van der Waals surface area contributed by atoms with E-state index in [1.165, 1.54) is 19.3 Å². The molecule has 5 nitrogen and oxygen atoms in total. The third kappa shape index (κ3) is 8.03. The molecule has 0 aromatic heterocycles. The number of benzene rings is 1. The van der Waals surface area contributed by atoms with Crippen LogP contribution in [0.2, 0.25) is 0 Å². The largest absolute Gasteiger partial charge is 0.483 e. The van der Waals surface area contributed by atoms with Crippen LogP contribution in [0.5, 0.6) is 11.5 Å². The summed E-state index contributed by atoms with van der Waals surface area (Å²) in [6.07, 6.45) is 11.4. The molecule has 0 spiro atoms. The van der Waals surface area contributed by atoms with Crippen LogP contribution in [-0.2, 0) is 15.8 Å². The van der Waals surface area contributed by atoms with E-state index in [0.29, 0.717) is 5.92 Å². The maximum absolute atomic E-state index is 8.10. The number of hydrogen-bond donors (Lipinski definition) is 1. The minimum absolute atomic E-state index is 0.218. The molecular weight excluding hydrogens is 376 g/mol. The molecule has 6 heteroatoms. The Hall–Kier alpha value is -1.21. The molecule has 2 rings (SSSR count). The molecule has 0 radical (unpaired) electrons. The van der Waals surface area contributed by atoms with Crippen LogP contribution in [0.4, 0.5) is 0 Å². The molecule has 1 aromatic carbocycles. The quantitative estimate of drug-likeness (QED) is 0.105. The first kappa shape index (κ1) is 23.1. The van der Waals surface area contributed by atoms with E-state index in [-0.39, 0.29) is 11.5 Å². The zero-order valence-corrected chi connectivity index (χ0v) is 18.3. The summed E-state index contributed by atoms with van der Waals surface area (Å²) in [5.74, 6) is 3.39. The first-order valence-corrected chi connectivity index (χ1v) is 11.0. The molecule has 2 atom stereocenters. The van der Waals surface area contributed by atoms with E-state index in [0.717, 1.165) is 54.3 Å². The van der Waals surface area contributed by atoms with Crippen LogP contribution in [0.3, 0.4) is 0 Å². The highest BCUT2D eigenvalue weighted by molar-refractivity contribution is 7.94. The molecule has 158 valence electrons. The van der Waals surface area contributed by atoms with Crippen molar-refractivity contribution in [3.05, 3.63) is 35.9 Å². The zero-order chi connectivity index (χ0) is 20.4. The summed E-state index contributed by atoms with van der Waals surface area (Å²) in [5.41, 5.74) is 0.893. The summed E-state index contributed by atoms with van der Waals surface area (Å²) in [4.78, 5) is 0. The Morgan fingerprint density at radius 3 is 2.86 bits per heavy atom. The molecule has 28 heavy (non-hydrogen) atoms. The lowest BCUT2D eigenvalue weighted by atomic mass is 9.91. The Labute approximate surface area is 173 Å². The van der Waals surface area contributed by atoms with Crippen molar-refractivity contribution in [1.82, 2.24) is 0 Å². The van der Waals surface area contributed by atoms with Crippen LogP contribution < -0.4 is 9.47 Å². The van der Waals surface area contributed by atoms with Crippen molar-refractivity contribution in [3.63, 3.8) is 0 Å². The molecule has 0 saturated heterocycles. The molecule has 1 aromatic rings. The Morgan fingerprint density at radius 1 is 1.29 bits per heavy atom. The lowest BCUT2D eigenvalue weighted by molar-refractivity contribution is -0.432. The van der Waals surface area contributed by atoms with Gasteiger partial charge in [0.1, 0.15) is 17.1 Å². The highest BCUT2D eigenvalue weighted by Crippen LogP contribution is 2.36. The Bertz CT molecular complexity index is 619. The molecule has 1 heterocycles. The maximum Gasteiger partial charge on any atom is 0.162 e. The molecular formula is C22H34O5S. The van der Waals surface area contributed by atoms with Gasteiger partial charge in [-0.25, -0.2) is 5.26 Å². The lowest BCUT2D eigenvalue weighted by Gasteiger charge is -2.33. The SMILES string of the molecule is CC(C)CCCC(C)CC=CC1(C)CCc2cc(OCSOOO)ccc2O1. The van der Waals surface area contributed by atoms with Gasteiger partial charge in [0, 0.05) is 0 Å². The van der Waals surface area contributed by atoms with Crippen LogP contribution in [0.25, 0.3) is 0 Å². The van der Waals surface area contributed by atoms with E-state index in [1.54, 1.807) is 0 Å². The second-order valence-corrected chi connectivity index (χ2v) is 8.88. The third-order valence-corrected chi connectivity index (χ3v) is 5.48. The minimum Gasteiger partial charge on any atom is -0.483 e. The van der Waals surface area contributed by atoms with Crippen LogP contribution in [0, 0.1) is 11.8 Å². The van der Waals surface area contributed by atoms with E-state index in [2.05, 4.69) is 49.2 Å². The van der Waals surface area contributed by atoms with E-state index in [9.17, 15) is 0 Å². The van der Waals surface area contributed by atoms with Gasteiger partial charge in [-0.2, -0.15) is 0 Å². The molecule has 0 fully saturated rings.